The zero-order valence-electron chi connectivity index (χ0n) is 15.2. The van der Waals surface area contributed by atoms with Gasteiger partial charge in [0.15, 0.2) is 5.69 Å². The minimum absolute atomic E-state index is 0.210. The third-order valence-electron chi connectivity index (χ3n) is 4.34. The topological polar surface area (TPSA) is 73.6 Å². The molecule has 28 heavy (non-hydrogen) atoms. The van der Waals surface area contributed by atoms with Crippen LogP contribution in [0.3, 0.4) is 0 Å². The Morgan fingerprint density at radius 1 is 1.00 bits per heavy atom. The molecule has 0 saturated carbocycles. The molecule has 0 aliphatic heterocycles. The zero-order valence-corrected chi connectivity index (χ0v) is 15.2. The number of esters is 1. The maximum Gasteiger partial charge on any atom is 0.358 e. The van der Waals surface area contributed by atoms with Gasteiger partial charge in [-0.3, -0.25) is 9.20 Å². The largest absolute Gasteiger partial charge is 0.461 e. The first-order chi connectivity index (χ1) is 13.7. The van der Waals surface area contributed by atoms with Crippen molar-refractivity contribution in [2.75, 3.05) is 6.61 Å². The van der Waals surface area contributed by atoms with Crippen LogP contribution in [-0.2, 0) is 4.74 Å². The first kappa shape index (κ1) is 17.6. The predicted octanol–water partition coefficient (Wildman–Crippen LogP) is 4.05. The molecule has 6 nitrogen and oxygen atoms in total. The van der Waals surface area contributed by atoms with Gasteiger partial charge in [-0.25, -0.2) is 14.8 Å². The molecule has 0 radical (unpaired) electrons. The van der Waals surface area contributed by atoms with Crippen molar-refractivity contribution in [2.45, 2.75) is 6.92 Å². The average molecular weight is 371 g/mol. The Bertz CT molecular complexity index is 1150. The summed E-state index contributed by atoms with van der Waals surface area (Å²) in [6, 6.07) is 17.0. The summed E-state index contributed by atoms with van der Waals surface area (Å²) in [5, 5.41) is 0. The first-order valence-corrected chi connectivity index (χ1v) is 8.87. The van der Waals surface area contributed by atoms with E-state index in [0.717, 1.165) is 28.7 Å². The van der Waals surface area contributed by atoms with Crippen LogP contribution in [0.25, 0.3) is 28.2 Å². The van der Waals surface area contributed by atoms with Crippen molar-refractivity contribution in [3.63, 3.8) is 0 Å². The summed E-state index contributed by atoms with van der Waals surface area (Å²) in [6.07, 6.45) is 4.32. The molecule has 4 rings (SSSR count). The minimum Gasteiger partial charge on any atom is -0.461 e. The van der Waals surface area contributed by atoms with Gasteiger partial charge < -0.3 is 4.74 Å². The van der Waals surface area contributed by atoms with E-state index in [2.05, 4.69) is 4.98 Å². The highest BCUT2D eigenvalue weighted by Gasteiger charge is 2.16. The van der Waals surface area contributed by atoms with Crippen molar-refractivity contribution < 1.29 is 14.3 Å². The Kier molecular flexibility index (Phi) is 4.68. The Balaban J connectivity index is 1.91. The minimum atomic E-state index is -0.480. The Morgan fingerprint density at radius 2 is 1.75 bits per heavy atom. The summed E-state index contributed by atoms with van der Waals surface area (Å²) < 4.78 is 6.76. The summed E-state index contributed by atoms with van der Waals surface area (Å²) >= 11 is 0. The van der Waals surface area contributed by atoms with E-state index in [1.165, 1.54) is 0 Å². The first-order valence-electron chi connectivity index (χ1n) is 8.87. The molecule has 0 bridgehead atoms. The van der Waals surface area contributed by atoms with Crippen LogP contribution < -0.4 is 0 Å². The third kappa shape index (κ3) is 3.27. The molecule has 0 aliphatic carbocycles. The maximum atomic E-state index is 12.0. The quantitative estimate of drug-likeness (QED) is 0.391. The molecule has 4 aromatic rings. The number of hydrogen-bond acceptors (Lipinski definition) is 5. The van der Waals surface area contributed by atoms with Gasteiger partial charge in [-0.15, -0.1) is 0 Å². The summed E-state index contributed by atoms with van der Waals surface area (Å²) in [5.41, 5.74) is 4.25. The number of carbonyl (C=O) groups is 2. The molecule has 0 fully saturated rings. The second-order valence-corrected chi connectivity index (χ2v) is 6.16. The van der Waals surface area contributed by atoms with Gasteiger partial charge in [0.2, 0.25) is 5.78 Å². The number of ether oxygens (including phenoxy) is 1. The molecular formula is C22H17N3O3. The number of benzene rings is 2. The van der Waals surface area contributed by atoms with Gasteiger partial charge in [-0.1, -0.05) is 54.6 Å². The number of carbonyl (C=O) groups excluding carboxylic acids is 2. The molecular weight excluding hydrogens is 354 g/mol. The van der Waals surface area contributed by atoms with E-state index in [9.17, 15) is 9.59 Å². The smallest absolute Gasteiger partial charge is 0.358 e. The van der Waals surface area contributed by atoms with Crippen LogP contribution in [0.5, 0.6) is 0 Å². The second-order valence-electron chi connectivity index (χ2n) is 6.16. The highest BCUT2D eigenvalue weighted by molar-refractivity contribution is 5.88. The van der Waals surface area contributed by atoms with Crippen LogP contribution in [0.1, 0.15) is 27.8 Å². The summed E-state index contributed by atoms with van der Waals surface area (Å²) in [6.45, 7) is 2.03. The number of nitrogens with zero attached hydrogens (tertiary/aromatic N) is 3. The van der Waals surface area contributed by atoms with Gasteiger partial charge in [-0.05, 0) is 12.5 Å². The number of imidazole rings is 1. The SMILES string of the molecule is CCOC(=O)c1cn2cc(-c3ccccc3)c(-c3ccc(C=O)cc3)nc2n1. The molecule has 0 N–H and O–H groups in total. The summed E-state index contributed by atoms with van der Waals surface area (Å²) in [5.74, 6) is -0.0802. The lowest BCUT2D eigenvalue weighted by molar-refractivity contribution is 0.0520. The van der Waals surface area contributed by atoms with Crippen molar-refractivity contribution in [1.82, 2.24) is 14.4 Å². The normalized spacial score (nSPS) is 10.8. The molecule has 2 heterocycles. The van der Waals surface area contributed by atoms with E-state index in [0.29, 0.717) is 11.3 Å². The van der Waals surface area contributed by atoms with Gasteiger partial charge in [0.25, 0.3) is 0 Å². The van der Waals surface area contributed by atoms with E-state index >= 15 is 0 Å². The van der Waals surface area contributed by atoms with Crippen LogP contribution >= 0.6 is 0 Å². The fourth-order valence-corrected chi connectivity index (χ4v) is 2.99. The van der Waals surface area contributed by atoms with Crippen LogP contribution in [0.4, 0.5) is 0 Å². The second kappa shape index (κ2) is 7.44. The standard InChI is InChI=1S/C22H17N3O3/c1-2-28-21(27)19-13-25-12-18(16-6-4-3-5-7-16)20(24-22(25)23-19)17-10-8-15(14-26)9-11-17/h3-14H,2H2,1H3. The Labute approximate surface area is 161 Å². The fourth-order valence-electron chi connectivity index (χ4n) is 2.99. The summed E-state index contributed by atoms with van der Waals surface area (Å²) in [7, 11) is 0. The van der Waals surface area contributed by atoms with Crippen LogP contribution in [0.2, 0.25) is 0 Å². The zero-order chi connectivity index (χ0) is 19.5. The van der Waals surface area contributed by atoms with Crippen LogP contribution in [-0.4, -0.2) is 33.2 Å². The van der Waals surface area contributed by atoms with Gasteiger partial charge in [0.05, 0.1) is 12.3 Å². The van der Waals surface area contributed by atoms with E-state index in [1.807, 2.05) is 48.7 Å². The average Bonchev–Trinajstić information content (AvgIpc) is 3.17. The lowest BCUT2D eigenvalue weighted by Crippen LogP contribution is -2.04. The number of rotatable bonds is 5. The summed E-state index contributed by atoms with van der Waals surface area (Å²) in [4.78, 5) is 32.0. The van der Waals surface area contributed by atoms with Gasteiger partial charge >= 0.3 is 5.97 Å². The maximum absolute atomic E-state index is 12.0. The molecule has 0 saturated heterocycles. The van der Waals surface area contributed by atoms with Gasteiger partial charge in [-0.2, -0.15) is 0 Å². The molecule has 2 aromatic heterocycles. The lowest BCUT2D eigenvalue weighted by atomic mass is 10.00. The molecule has 138 valence electrons. The Hall–Kier alpha value is -3.80. The molecule has 0 unspecified atom stereocenters. The van der Waals surface area contributed by atoms with E-state index in [-0.39, 0.29) is 12.3 Å². The Morgan fingerprint density at radius 3 is 2.43 bits per heavy atom. The fraction of sp³-hybridized carbons (Fsp3) is 0.0909. The third-order valence-corrected chi connectivity index (χ3v) is 4.34. The molecule has 6 heteroatoms. The van der Waals surface area contributed by atoms with E-state index in [4.69, 9.17) is 9.72 Å². The highest BCUT2D eigenvalue weighted by atomic mass is 16.5. The molecule has 0 amide bonds. The number of aromatic nitrogens is 3. The van der Waals surface area contributed by atoms with Gasteiger partial charge in [0.1, 0.15) is 6.29 Å². The van der Waals surface area contributed by atoms with Crippen molar-refractivity contribution >= 4 is 18.0 Å². The number of hydrogen-bond donors (Lipinski definition) is 0. The predicted molar refractivity (Wildman–Crippen MR) is 105 cm³/mol. The van der Waals surface area contributed by atoms with E-state index in [1.54, 1.807) is 29.7 Å². The van der Waals surface area contributed by atoms with Crippen LogP contribution in [0.15, 0.2) is 67.0 Å². The van der Waals surface area contributed by atoms with Crippen molar-refractivity contribution in [3.05, 3.63) is 78.2 Å². The van der Waals surface area contributed by atoms with Crippen molar-refractivity contribution in [2.24, 2.45) is 0 Å². The van der Waals surface area contributed by atoms with Crippen LogP contribution in [0, 0.1) is 0 Å². The highest BCUT2D eigenvalue weighted by Crippen LogP contribution is 2.31. The number of fused-ring (bicyclic) bond motifs is 1. The molecule has 0 atom stereocenters. The number of aldehydes is 1. The lowest BCUT2D eigenvalue weighted by Gasteiger charge is -2.10. The van der Waals surface area contributed by atoms with Crippen molar-refractivity contribution in [3.8, 4) is 22.4 Å². The molecule has 2 aromatic carbocycles. The van der Waals surface area contributed by atoms with Crippen molar-refractivity contribution in [1.29, 1.82) is 0 Å². The monoisotopic (exact) mass is 371 g/mol. The molecule has 0 aliphatic rings. The van der Waals surface area contributed by atoms with Gasteiger partial charge in [0, 0.05) is 29.1 Å². The van der Waals surface area contributed by atoms with E-state index < -0.39 is 5.97 Å². The molecule has 0 spiro atoms.